The Bertz CT molecular complexity index is 1170. The number of carboxylic acid groups (broad SMARTS) is 2. The zero-order valence-electron chi connectivity index (χ0n) is 22.2. The first-order valence-corrected chi connectivity index (χ1v) is 14.0. The zero-order chi connectivity index (χ0) is 29.1. The van der Waals surface area contributed by atoms with Gasteiger partial charge in [0.05, 0.1) is 12.5 Å². The van der Waals surface area contributed by atoms with E-state index in [-0.39, 0.29) is 25.2 Å². The number of benzene rings is 1. The number of carbonyl (C=O) groups excluding carboxylic acids is 3. The lowest BCUT2D eigenvalue weighted by atomic mass is 10.00. The highest BCUT2D eigenvalue weighted by molar-refractivity contribution is 7.98. The van der Waals surface area contributed by atoms with Crippen molar-refractivity contribution in [2.45, 2.75) is 63.7 Å². The zero-order valence-corrected chi connectivity index (χ0v) is 23.0. The van der Waals surface area contributed by atoms with E-state index in [1.165, 1.54) is 11.8 Å². The van der Waals surface area contributed by atoms with E-state index < -0.39 is 60.2 Å². The van der Waals surface area contributed by atoms with Crippen molar-refractivity contribution in [1.29, 1.82) is 0 Å². The second-order valence-corrected chi connectivity index (χ2v) is 10.7. The molecule has 0 radical (unpaired) electrons. The summed E-state index contributed by atoms with van der Waals surface area (Å²) in [6.45, 7) is 3.70. The normalized spacial score (nSPS) is 14.3. The van der Waals surface area contributed by atoms with Crippen LogP contribution in [0, 0.1) is 5.92 Å². The van der Waals surface area contributed by atoms with Crippen LogP contribution in [0.15, 0.2) is 30.5 Å². The summed E-state index contributed by atoms with van der Waals surface area (Å²) in [4.78, 5) is 65.0. The van der Waals surface area contributed by atoms with E-state index in [1.807, 2.05) is 44.4 Å². The summed E-state index contributed by atoms with van der Waals surface area (Å²) in [6.07, 6.45) is 3.37. The van der Waals surface area contributed by atoms with Crippen molar-refractivity contribution >= 4 is 52.3 Å². The number of carboxylic acids is 2. The van der Waals surface area contributed by atoms with Gasteiger partial charge in [-0.1, -0.05) is 32.0 Å². The monoisotopic (exact) mass is 563 g/mol. The number of aromatic nitrogens is 1. The number of H-pyrrole nitrogens is 1. The molecule has 8 N–H and O–H groups in total. The molecule has 1 heterocycles. The summed E-state index contributed by atoms with van der Waals surface area (Å²) < 4.78 is 0. The molecule has 0 fully saturated rings. The maximum Gasteiger partial charge on any atom is 0.326 e. The fraction of sp³-hybridized carbons (Fsp3) is 0.500. The smallest absolute Gasteiger partial charge is 0.326 e. The number of nitrogens with one attached hydrogen (secondary N) is 4. The van der Waals surface area contributed by atoms with Crippen molar-refractivity contribution in [3.63, 3.8) is 0 Å². The lowest BCUT2D eigenvalue weighted by Gasteiger charge is -2.26. The van der Waals surface area contributed by atoms with Gasteiger partial charge in [0.1, 0.15) is 18.1 Å². The van der Waals surface area contributed by atoms with Crippen molar-refractivity contribution in [3.05, 3.63) is 36.0 Å². The second kappa shape index (κ2) is 15.1. The Balaban J connectivity index is 2.29. The highest BCUT2D eigenvalue weighted by atomic mass is 32.2. The summed E-state index contributed by atoms with van der Waals surface area (Å²) in [6, 6.07) is 2.62. The van der Waals surface area contributed by atoms with Gasteiger partial charge < -0.3 is 36.9 Å². The fourth-order valence-electron chi connectivity index (χ4n) is 4.03. The van der Waals surface area contributed by atoms with Gasteiger partial charge in [0, 0.05) is 23.5 Å². The van der Waals surface area contributed by atoms with Crippen LogP contribution in [0.4, 0.5) is 0 Å². The molecule has 0 aliphatic heterocycles. The fourth-order valence-corrected chi connectivity index (χ4v) is 4.50. The molecule has 0 spiro atoms. The number of fused-ring (bicyclic) bond motifs is 1. The number of thioether (sulfide) groups is 1. The first-order valence-electron chi connectivity index (χ1n) is 12.6. The van der Waals surface area contributed by atoms with Gasteiger partial charge in [-0.3, -0.25) is 19.2 Å². The lowest BCUT2D eigenvalue weighted by molar-refractivity contribution is -0.142. The molecule has 13 heteroatoms. The third-order valence-corrected chi connectivity index (χ3v) is 6.67. The number of hydrogen-bond acceptors (Lipinski definition) is 7. The molecular weight excluding hydrogens is 526 g/mol. The van der Waals surface area contributed by atoms with Gasteiger partial charge in [-0.25, -0.2) is 4.79 Å². The Hall–Kier alpha value is -3.58. The van der Waals surface area contributed by atoms with Crippen LogP contribution in [0.2, 0.25) is 0 Å². The lowest BCUT2D eigenvalue weighted by Crippen LogP contribution is -2.58. The van der Waals surface area contributed by atoms with Crippen LogP contribution in [0.25, 0.3) is 10.9 Å². The summed E-state index contributed by atoms with van der Waals surface area (Å²) in [7, 11) is 0. The summed E-state index contributed by atoms with van der Waals surface area (Å²) >= 11 is 1.45. The number of aliphatic carboxylic acids is 2. The molecule has 4 unspecified atom stereocenters. The van der Waals surface area contributed by atoms with Crippen molar-refractivity contribution in [1.82, 2.24) is 20.9 Å². The molecule has 2 aromatic rings. The molecule has 1 aromatic heterocycles. The first kappa shape index (κ1) is 31.6. The summed E-state index contributed by atoms with van der Waals surface area (Å²) in [5.41, 5.74) is 7.25. The standard InChI is InChI=1S/C26H37N5O7S/c1-14(2)10-20(24(35)29-19(26(37)38)8-9-39-3)31-25(36)21(30-23(34)17(27)12-22(32)33)11-15-13-28-18-7-5-4-6-16(15)18/h4-7,13-14,17,19-21,28H,8-12,27H2,1-3H3,(H,29,35)(H,30,34)(H,31,36)(H,32,33)(H,37,38). The Kier molecular flexibility index (Phi) is 12.3. The third kappa shape index (κ3) is 9.91. The highest BCUT2D eigenvalue weighted by Gasteiger charge is 2.31. The van der Waals surface area contributed by atoms with Gasteiger partial charge >= 0.3 is 11.9 Å². The largest absolute Gasteiger partial charge is 0.481 e. The van der Waals surface area contributed by atoms with Crippen LogP contribution in [-0.2, 0) is 30.4 Å². The average Bonchev–Trinajstić information content (AvgIpc) is 3.27. The van der Waals surface area contributed by atoms with Crippen molar-refractivity contribution in [2.75, 3.05) is 12.0 Å². The van der Waals surface area contributed by atoms with E-state index >= 15 is 0 Å². The minimum absolute atomic E-state index is 0.0267. The Morgan fingerprint density at radius 1 is 0.949 bits per heavy atom. The van der Waals surface area contributed by atoms with Crippen LogP contribution in [-0.4, -0.2) is 81.0 Å². The molecular formula is C26H37N5O7S. The van der Waals surface area contributed by atoms with E-state index in [0.717, 1.165) is 10.9 Å². The molecule has 0 saturated heterocycles. The minimum atomic E-state index is -1.39. The van der Waals surface area contributed by atoms with Crippen molar-refractivity contribution in [2.24, 2.45) is 11.7 Å². The SMILES string of the molecule is CSCCC(NC(=O)C(CC(C)C)NC(=O)C(Cc1c[nH]c2ccccc12)NC(=O)C(N)CC(=O)O)C(=O)O. The third-order valence-electron chi connectivity index (χ3n) is 6.03. The quantitative estimate of drug-likeness (QED) is 0.154. The number of rotatable bonds is 16. The van der Waals surface area contributed by atoms with Crippen LogP contribution in [0.1, 0.15) is 38.7 Å². The van der Waals surface area contributed by atoms with Crippen molar-refractivity contribution in [3.8, 4) is 0 Å². The van der Waals surface area contributed by atoms with Crippen LogP contribution in [0.5, 0.6) is 0 Å². The van der Waals surface area contributed by atoms with E-state index in [4.69, 9.17) is 10.8 Å². The predicted molar refractivity (Wildman–Crippen MR) is 148 cm³/mol. The van der Waals surface area contributed by atoms with Gasteiger partial charge in [0.25, 0.3) is 0 Å². The van der Waals surface area contributed by atoms with E-state index in [9.17, 15) is 29.1 Å². The Morgan fingerprint density at radius 3 is 2.18 bits per heavy atom. The van der Waals surface area contributed by atoms with E-state index in [0.29, 0.717) is 11.3 Å². The first-order chi connectivity index (χ1) is 18.4. The molecule has 0 aliphatic carbocycles. The van der Waals surface area contributed by atoms with Crippen LogP contribution >= 0.6 is 11.8 Å². The number of nitrogens with two attached hydrogens (primary N) is 1. The highest BCUT2D eigenvalue weighted by Crippen LogP contribution is 2.19. The number of para-hydroxylation sites is 1. The van der Waals surface area contributed by atoms with Crippen LogP contribution < -0.4 is 21.7 Å². The van der Waals surface area contributed by atoms with Gasteiger partial charge in [0.15, 0.2) is 0 Å². The number of hydrogen-bond donors (Lipinski definition) is 7. The van der Waals surface area contributed by atoms with Crippen molar-refractivity contribution < 1.29 is 34.2 Å². The van der Waals surface area contributed by atoms with Gasteiger partial charge in [-0.15, -0.1) is 0 Å². The molecule has 1 aromatic carbocycles. The maximum atomic E-state index is 13.5. The van der Waals surface area contributed by atoms with Gasteiger partial charge in [0.2, 0.25) is 17.7 Å². The molecule has 0 saturated carbocycles. The minimum Gasteiger partial charge on any atom is -0.481 e. The average molecular weight is 564 g/mol. The number of carbonyl (C=O) groups is 5. The van der Waals surface area contributed by atoms with Gasteiger partial charge in [-0.05, 0) is 42.4 Å². The van der Waals surface area contributed by atoms with E-state index in [2.05, 4.69) is 20.9 Å². The van der Waals surface area contributed by atoms with Crippen LogP contribution in [0.3, 0.4) is 0 Å². The summed E-state index contributed by atoms with van der Waals surface area (Å²) in [5.74, 6) is -4.11. The second-order valence-electron chi connectivity index (χ2n) is 9.70. The molecule has 2 rings (SSSR count). The topological polar surface area (TPSA) is 204 Å². The maximum absolute atomic E-state index is 13.5. The molecule has 12 nitrogen and oxygen atoms in total. The molecule has 0 aliphatic rings. The predicted octanol–water partition coefficient (Wildman–Crippen LogP) is 0.851. The molecule has 0 bridgehead atoms. The number of aromatic amines is 1. The summed E-state index contributed by atoms with van der Waals surface area (Å²) in [5, 5.41) is 27.0. The molecule has 214 valence electrons. The Labute approximate surface area is 230 Å². The molecule has 39 heavy (non-hydrogen) atoms. The number of amides is 3. The Morgan fingerprint density at radius 2 is 1.56 bits per heavy atom. The molecule has 3 amide bonds. The van der Waals surface area contributed by atoms with E-state index in [1.54, 1.807) is 6.20 Å². The van der Waals surface area contributed by atoms with Gasteiger partial charge in [-0.2, -0.15) is 11.8 Å². The molecule has 4 atom stereocenters.